The number of halogens is 1. The fraction of sp³-hybridized carbons (Fsp3) is 0.611. The number of hydrogen-bond acceptors (Lipinski definition) is 5. The van der Waals surface area contributed by atoms with Gasteiger partial charge in [-0.25, -0.2) is 0 Å². The lowest BCUT2D eigenvalue weighted by atomic mass is 9.45. The lowest BCUT2D eigenvalue weighted by Crippen LogP contribution is -2.64. The Kier molecular flexibility index (Phi) is 2.93. The summed E-state index contributed by atoms with van der Waals surface area (Å²) in [4.78, 5) is 38.4. The maximum absolute atomic E-state index is 13.0. The zero-order valence-corrected chi connectivity index (χ0v) is 14.7. The number of fused-ring (bicyclic) bond motifs is 6. The summed E-state index contributed by atoms with van der Waals surface area (Å²) in [6.45, 7) is 6.92. The number of ketones is 2. The van der Waals surface area contributed by atoms with Crippen molar-refractivity contribution in [3.63, 3.8) is 0 Å². The van der Waals surface area contributed by atoms with Gasteiger partial charge in [-0.2, -0.15) is 0 Å². The molecule has 0 aromatic carbocycles. The number of carbonyl (C=O) groups excluding carboxylic acids is 3. The molecule has 1 aliphatic heterocycles. The lowest BCUT2D eigenvalue weighted by molar-refractivity contribution is -0.165. The van der Waals surface area contributed by atoms with E-state index in [0.29, 0.717) is 11.1 Å². The Morgan fingerprint density at radius 3 is 2.50 bits per heavy atom. The molecule has 0 unspecified atom stereocenters. The topological polar surface area (TPSA) is 80.7 Å². The number of aliphatic hydroxyl groups excluding tert-OH is 1. The Hall–Kier alpha value is -1.46. The van der Waals surface area contributed by atoms with Gasteiger partial charge in [-0.05, 0) is 31.1 Å². The Labute approximate surface area is 144 Å². The van der Waals surface area contributed by atoms with Crippen LogP contribution in [0.4, 0.5) is 0 Å². The second-order valence-electron chi connectivity index (χ2n) is 7.88. The van der Waals surface area contributed by atoms with E-state index in [4.69, 9.17) is 16.3 Å². The average Bonchev–Trinajstić information content (AvgIpc) is 2.85. The molecule has 1 saturated carbocycles. The van der Waals surface area contributed by atoms with Gasteiger partial charge in [0.2, 0.25) is 0 Å². The minimum atomic E-state index is -1.18. The maximum Gasteiger partial charge on any atom is 0.310 e. The first-order valence-corrected chi connectivity index (χ1v) is 8.52. The molecule has 1 saturated heterocycles. The van der Waals surface area contributed by atoms with E-state index >= 15 is 0 Å². The fourth-order valence-corrected chi connectivity index (χ4v) is 6.06. The number of ether oxygens (including phenoxy) is 1. The van der Waals surface area contributed by atoms with Crippen molar-refractivity contribution in [3.8, 4) is 0 Å². The summed E-state index contributed by atoms with van der Waals surface area (Å²) in [5.74, 6) is -2.69. The van der Waals surface area contributed by atoms with Crippen molar-refractivity contribution in [2.75, 3.05) is 0 Å². The first-order valence-electron chi connectivity index (χ1n) is 8.14. The van der Waals surface area contributed by atoms with Crippen LogP contribution in [0.2, 0.25) is 0 Å². The average molecular weight is 351 g/mol. The molecule has 4 rings (SSSR count). The van der Waals surface area contributed by atoms with Crippen molar-refractivity contribution < 1.29 is 24.2 Å². The summed E-state index contributed by atoms with van der Waals surface area (Å²) in [6, 6.07) is 0. The largest absolute Gasteiger partial charge is 0.459 e. The molecular weight excluding hydrogens is 332 g/mol. The SMILES string of the molecule is CC1=C(Cl)C(=O)[C@@]2(C)C1=CC(=O)[C@]1(C)[C@@H]2[C@@H](O)[C@@H]2OC(=O)[C@H]1[C@H]2C. The van der Waals surface area contributed by atoms with Crippen molar-refractivity contribution in [3.05, 3.63) is 22.3 Å². The molecule has 5 nitrogen and oxygen atoms in total. The van der Waals surface area contributed by atoms with Crippen LogP contribution in [-0.4, -0.2) is 34.9 Å². The van der Waals surface area contributed by atoms with Gasteiger partial charge in [0.15, 0.2) is 11.6 Å². The van der Waals surface area contributed by atoms with Crippen LogP contribution in [0.3, 0.4) is 0 Å². The van der Waals surface area contributed by atoms with Crippen LogP contribution in [0.1, 0.15) is 27.7 Å². The Bertz CT molecular complexity index is 780. The van der Waals surface area contributed by atoms with Gasteiger partial charge in [0.05, 0.1) is 27.9 Å². The van der Waals surface area contributed by atoms with Crippen LogP contribution >= 0.6 is 11.6 Å². The van der Waals surface area contributed by atoms with Crippen LogP contribution in [-0.2, 0) is 19.1 Å². The zero-order chi connectivity index (χ0) is 17.8. The molecule has 6 heteroatoms. The zero-order valence-electron chi connectivity index (χ0n) is 13.9. The molecule has 0 aromatic heterocycles. The highest BCUT2D eigenvalue weighted by Crippen LogP contribution is 2.66. The summed E-state index contributed by atoms with van der Waals surface area (Å²) in [6.07, 6.45) is -0.341. The third kappa shape index (κ3) is 1.41. The van der Waals surface area contributed by atoms with E-state index in [-0.39, 0.29) is 22.5 Å². The van der Waals surface area contributed by atoms with E-state index in [9.17, 15) is 19.5 Å². The number of carbonyl (C=O) groups is 3. The van der Waals surface area contributed by atoms with E-state index in [1.807, 2.05) is 6.92 Å². The quantitative estimate of drug-likeness (QED) is 0.673. The number of allylic oxidation sites excluding steroid dienone is 4. The summed E-state index contributed by atoms with van der Waals surface area (Å²) < 4.78 is 5.38. The second kappa shape index (κ2) is 4.38. The molecule has 0 radical (unpaired) electrons. The van der Waals surface area contributed by atoms with E-state index < -0.39 is 40.8 Å². The number of aliphatic hydroxyl groups is 1. The van der Waals surface area contributed by atoms with Crippen molar-refractivity contribution in [2.24, 2.45) is 28.6 Å². The normalized spacial score (nSPS) is 49.8. The molecule has 1 heterocycles. The summed E-state index contributed by atoms with van der Waals surface area (Å²) in [7, 11) is 0. The molecule has 2 bridgehead atoms. The number of rotatable bonds is 0. The van der Waals surface area contributed by atoms with Gasteiger partial charge in [0, 0.05) is 11.8 Å². The van der Waals surface area contributed by atoms with Gasteiger partial charge in [0.1, 0.15) is 6.10 Å². The minimum absolute atomic E-state index is 0.103. The Morgan fingerprint density at radius 2 is 1.88 bits per heavy atom. The van der Waals surface area contributed by atoms with Crippen molar-refractivity contribution in [1.29, 1.82) is 0 Å². The number of hydrogen-bond donors (Lipinski definition) is 1. The third-order valence-electron chi connectivity index (χ3n) is 6.91. The second-order valence-corrected chi connectivity index (χ2v) is 8.26. The van der Waals surface area contributed by atoms with Crippen LogP contribution in [0, 0.1) is 28.6 Å². The van der Waals surface area contributed by atoms with E-state index in [0.717, 1.165) is 0 Å². The molecule has 0 spiro atoms. The van der Waals surface area contributed by atoms with Crippen LogP contribution in [0.5, 0.6) is 0 Å². The van der Waals surface area contributed by atoms with E-state index in [2.05, 4.69) is 0 Å². The lowest BCUT2D eigenvalue weighted by Gasteiger charge is -2.55. The van der Waals surface area contributed by atoms with Crippen LogP contribution in [0.25, 0.3) is 0 Å². The van der Waals surface area contributed by atoms with E-state index in [1.54, 1.807) is 20.8 Å². The molecule has 2 fully saturated rings. The molecule has 1 N–H and O–H groups in total. The molecule has 0 amide bonds. The molecular formula is C18H19ClO5. The first kappa shape index (κ1) is 16.0. The Balaban J connectivity index is 2.01. The highest BCUT2D eigenvalue weighted by molar-refractivity contribution is 6.45. The van der Waals surface area contributed by atoms with Gasteiger partial charge in [-0.1, -0.05) is 25.4 Å². The first-order chi connectivity index (χ1) is 11.1. The predicted octanol–water partition coefficient (Wildman–Crippen LogP) is 1.77. The molecule has 4 aliphatic rings. The van der Waals surface area contributed by atoms with Crippen LogP contribution in [0.15, 0.2) is 22.3 Å². The van der Waals surface area contributed by atoms with Gasteiger partial charge in [-0.3, -0.25) is 14.4 Å². The summed E-state index contributed by atoms with van der Waals surface area (Å²) >= 11 is 6.19. The summed E-state index contributed by atoms with van der Waals surface area (Å²) in [5.41, 5.74) is -1.16. The van der Waals surface area contributed by atoms with Gasteiger partial charge in [0.25, 0.3) is 0 Å². The minimum Gasteiger partial charge on any atom is -0.459 e. The highest BCUT2D eigenvalue weighted by Gasteiger charge is 2.73. The highest BCUT2D eigenvalue weighted by atomic mass is 35.5. The predicted molar refractivity (Wildman–Crippen MR) is 84.9 cm³/mol. The van der Waals surface area contributed by atoms with Crippen LogP contribution < -0.4 is 0 Å². The van der Waals surface area contributed by atoms with Crippen molar-refractivity contribution in [1.82, 2.24) is 0 Å². The van der Waals surface area contributed by atoms with Crippen molar-refractivity contribution in [2.45, 2.75) is 39.9 Å². The monoisotopic (exact) mass is 350 g/mol. The molecule has 24 heavy (non-hydrogen) atoms. The van der Waals surface area contributed by atoms with Gasteiger partial charge >= 0.3 is 5.97 Å². The third-order valence-corrected chi connectivity index (χ3v) is 7.37. The fourth-order valence-electron chi connectivity index (χ4n) is 5.76. The standard InChI is InChI=1S/C18H19ClO5/c1-6-8-5-9(20)18(4)10-7(2)13(24-16(10)23)12(21)14(18)17(8,3)15(22)11(6)19/h5,7,10,12-14,21H,1-4H3/t7-,10-,12+,13-,14-,17+,18+/m1/s1. The number of Topliss-reactive ketones (excluding diaryl/α,β-unsaturated/α-hetero) is 1. The van der Waals surface area contributed by atoms with E-state index in [1.165, 1.54) is 6.08 Å². The van der Waals surface area contributed by atoms with Gasteiger partial charge in [-0.15, -0.1) is 0 Å². The van der Waals surface area contributed by atoms with Crippen molar-refractivity contribution >= 4 is 29.1 Å². The smallest absolute Gasteiger partial charge is 0.310 e. The van der Waals surface area contributed by atoms with Gasteiger partial charge < -0.3 is 9.84 Å². The molecule has 0 aromatic rings. The molecule has 128 valence electrons. The number of esters is 1. The summed E-state index contributed by atoms with van der Waals surface area (Å²) in [5, 5.41) is 11.1. The molecule has 3 aliphatic carbocycles. The Morgan fingerprint density at radius 1 is 1.25 bits per heavy atom. The maximum atomic E-state index is 13.0. The molecule has 7 atom stereocenters.